The first kappa shape index (κ1) is 18.4. The Hall–Kier alpha value is -0.890. The summed E-state index contributed by atoms with van der Waals surface area (Å²) in [5, 5.41) is 11.4. The first-order valence-corrected chi connectivity index (χ1v) is 10.5. The molecule has 6 nitrogen and oxygen atoms in total. The Balaban J connectivity index is 1.59. The molecule has 0 spiro atoms. The molecule has 1 heterocycles. The molecule has 0 bridgehead atoms. The number of carboxylic acid groups (broad SMARTS) is 1. The van der Waals surface area contributed by atoms with E-state index in [4.69, 9.17) is 5.11 Å². The maximum atomic E-state index is 12.1. The average molecular weight is 361 g/mol. The molecule has 1 aliphatic carbocycles. The summed E-state index contributed by atoms with van der Waals surface area (Å²) in [5.74, 6) is 0.969. The quantitative estimate of drug-likeness (QED) is 0.455. The fourth-order valence-electron chi connectivity index (χ4n) is 2.74. The van der Waals surface area contributed by atoms with Gasteiger partial charge in [-0.25, -0.2) is 0 Å². The molecule has 2 rings (SSSR count). The van der Waals surface area contributed by atoms with Crippen LogP contribution in [0.5, 0.6) is 0 Å². The van der Waals surface area contributed by atoms with Gasteiger partial charge in [-0.3, -0.25) is 14.4 Å². The van der Waals surface area contributed by atoms with E-state index < -0.39 is 5.97 Å². The van der Waals surface area contributed by atoms with Crippen LogP contribution < -0.4 is 5.32 Å². The molecule has 23 heavy (non-hydrogen) atoms. The number of nitrogens with zero attached hydrogens (tertiary/aromatic N) is 1. The largest absolute Gasteiger partial charge is 0.481 e. The van der Waals surface area contributed by atoms with Crippen molar-refractivity contribution in [2.24, 2.45) is 11.8 Å². The van der Waals surface area contributed by atoms with Gasteiger partial charge in [0.1, 0.15) is 0 Å². The first-order chi connectivity index (χ1) is 11.0. The zero-order valence-electron chi connectivity index (χ0n) is 13.3. The Kier molecular flexibility index (Phi) is 7.08. The topological polar surface area (TPSA) is 86.7 Å². The number of carbonyl (C=O) groups is 3. The van der Waals surface area contributed by atoms with Crippen LogP contribution in [0.4, 0.5) is 0 Å². The normalized spacial score (nSPS) is 22.2. The molecule has 8 heteroatoms. The molecular formula is C15H24N2O4S2. The molecule has 1 saturated heterocycles. The summed E-state index contributed by atoms with van der Waals surface area (Å²) in [7, 11) is 3.06. The van der Waals surface area contributed by atoms with Gasteiger partial charge in [0.25, 0.3) is 0 Å². The minimum absolute atomic E-state index is 0.0417. The van der Waals surface area contributed by atoms with E-state index in [0.29, 0.717) is 31.2 Å². The number of carboxylic acids is 1. The summed E-state index contributed by atoms with van der Waals surface area (Å²) in [6.45, 7) is 3.18. The van der Waals surface area contributed by atoms with Gasteiger partial charge in [-0.1, -0.05) is 21.6 Å². The first-order valence-electron chi connectivity index (χ1n) is 8.02. The van der Waals surface area contributed by atoms with Gasteiger partial charge in [-0.2, -0.15) is 0 Å². The summed E-state index contributed by atoms with van der Waals surface area (Å²) >= 11 is 0. The van der Waals surface area contributed by atoms with Crippen molar-refractivity contribution in [3.8, 4) is 0 Å². The fraction of sp³-hybridized carbons (Fsp3) is 0.800. The van der Waals surface area contributed by atoms with Gasteiger partial charge in [0.05, 0.1) is 12.3 Å². The van der Waals surface area contributed by atoms with Crippen molar-refractivity contribution in [3.63, 3.8) is 0 Å². The van der Waals surface area contributed by atoms with Gasteiger partial charge in [0.2, 0.25) is 11.8 Å². The van der Waals surface area contributed by atoms with E-state index in [1.54, 1.807) is 10.8 Å². The van der Waals surface area contributed by atoms with Crippen LogP contribution in [-0.2, 0) is 14.4 Å². The van der Waals surface area contributed by atoms with Crippen LogP contribution in [0, 0.1) is 11.8 Å². The highest BCUT2D eigenvalue weighted by Gasteiger charge is 2.41. The maximum absolute atomic E-state index is 12.1. The molecule has 0 radical (unpaired) electrons. The molecule has 0 aromatic carbocycles. The van der Waals surface area contributed by atoms with Crippen molar-refractivity contribution in [2.75, 3.05) is 24.6 Å². The van der Waals surface area contributed by atoms with Crippen LogP contribution in [-0.4, -0.2) is 58.4 Å². The van der Waals surface area contributed by atoms with Crippen LogP contribution in [0.25, 0.3) is 0 Å². The Morgan fingerprint density at radius 3 is 2.70 bits per heavy atom. The van der Waals surface area contributed by atoms with Gasteiger partial charge < -0.3 is 15.3 Å². The number of likely N-dealkylation sites (tertiary alicyclic amines) is 1. The standard InChI is InChI=1S/C15H24N2O4S2/c1-10(11-2-3-11)17-9-12(8-13(17)18)15(21)16-5-7-23-22-6-4-14(19)20/h10-12H,2-9H2,1H3,(H,16,21)(H,19,20). The number of amides is 2. The van der Waals surface area contributed by atoms with Crippen LogP contribution in [0.15, 0.2) is 0 Å². The molecule has 2 unspecified atom stereocenters. The highest BCUT2D eigenvalue weighted by molar-refractivity contribution is 8.76. The third kappa shape index (κ3) is 5.91. The predicted molar refractivity (Wildman–Crippen MR) is 92.2 cm³/mol. The summed E-state index contributed by atoms with van der Waals surface area (Å²) in [4.78, 5) is 36.4. The third-order valence-corrected chi connectivity index (χ3v) is 6.70. The summed E-state index contributed by atoms with van der Waals surface area (Å²) in [6.07, 6.45) is 2.86. The smallest absolute Gasteiger partial charge is 0.304 e. The van der Waals surface area contributed by atoms with E-state index >= 15 is 0 Å². The zero-order valence-corrected chi connectivity index (χ0v) is 15.0. The lowest BCUT2D eigenvalue weighted by molar-refractivity contribution is -0.136. The molecule has 130 valence electrons. The molecule has 1 aliphatic heterocycles. The third-order valence-electron chi connectivity index (χ3n) is 4.29. The van der Waals surface area contributed by atoms with Gasteiger partial charge in [-0.05, 0) is 25.7 Å². The number of nitrogens with one attached hydrogen (secondary N) is 1. The molecule has 2 amide bonds. The van der Waals surface area contributed by atoms with Crippen molar-refractivity contribution in [1.29, 1.82) is 0 Å². The average Bonchev–Trinajstić information content (AvgIpc) is 3.27. The molecule has 1 saturated carbocycles. The number of hydrogen-bond donors (Lipinski definition) is 2. The van der Waals surface area contributed by atoms with Crippen molar-refractivity contribution in [1.82, 2.24) is 10.2 Å². The Morgan fingerprint density at radius 2 is 2.04 bits per heavy atom. The second-order valence-corrected chi connectivity index (χ2v) is 8.81. The second-order valence-electron chi connectivity index (χ2n) is 6.10. The Labute approximate surface area is 144 Å². The van der Waals surface area contributed by atoms with E-state index in [2.05, 4.69) is 12.2 Å². The van der Waals surface area contributed by atoms with E-state index in [1.807, 2.05) is 4.90 Å². The van der Waals surface area contributed by atoms with Crippen LogP contribution in [0.2, 0.25) is 0 Å². The zero-order chi connectivity index (χ0) is 16.8. The van der Waals surface area contributed by atoms with Gasteiger partial charge >= 0.3 is 5.97 Å². The number of carbonyl (C=O) groups excluding carboxylic acids is 2. The fourth-order valence-corrected chi connectivity index (χ4v) is 4.63. The summed E-state index contributed by atoms with van der Waals surface area (Å²) in [5.41, 5.74) is 0. The van der Waals surface area contributed by atoms with Crippen LogP contribution in [0.3, 0.4) is 0 Å². The molecule has 0 aromatic rings. The van der Waals surface area contributed by atoms with E-state index in [-0.39, 0.29) is 30.2 Å². The predicted octanol–water partition coefficient (Wildman–Crippen LogP) is 1.61. The minimum Gasteiger partial charge on any atom is -0.481 e. The lowest BCUT2D eigenvalue weighted by atomic mass is 10.1. The number of rotatable bonds is 10. The highest BCUT2D eigenvalue weighted by Crippen LogP contribution is 2.37. The van der Waals surface area contributed by atoms with E-state index in [0.717, 1.165) is 5.75 Å². The highest BCUT2D eigenvalue weighted by atomic mass is 33.1. The van der Waals surface area contributed by atoms with Gasteiger partial charge in [-0.15, -0.1) is 0 Å². The van der Waals surface area contributed by atoms with Crippen LogP contribution in [0.1, 0.15) is 32.6 Å². The second kappa shape index (κ2) is 8.82. The lowest BCUT2D eigenvalue weighted by Crippen LogP contribution is -2.38. The minimum atomic E-state index is -0.790. The van der Waals surface area contributed by atoms with Crippen molar-refractivity contribution in [3.05, 3.63) is 0 Å². The number of hydrogen-bond acceptors (Lipinski definition) is 5. The molecule has 2 aliphatic rings. The van der Waals surface area contributed by atoms with E-state index in [9.17, 15) is 14.4 Å². The van der Waals surface area contributed by atoms with Gasteiger partial charge in [0, 0.05) is 37.1 Å². The van der Waals surface area contributed by atoms with E-state index in [1.165, 1.54) is 23.6 Å². The van der Waals surface area contributed by atoms with Crippen molar-refractivity contribution in [2.45, 2.75) is 38.6 Å². The Bertz CT molecular complexity index is 457. The molecule has 2 fully saturated rings. The number of aliphatic carboxylic acids is 1. The molecular weight excluding hydrogens is 336 g/mol. The van der Waals surface area contributed by atoms with Crippen molar-refractivity contribution < 1.29 is 19.5 Å². The molecule has 0 aromatic heterocycles. The summed E-state index contributed by atoms with van der Waals surface area (Å²) in [6, 6.07) is 0.265. The Morgan fingerprint density at radius 1 is 1.35 bits per heavy atom. The molecule has 2 atom stereocenters. The monoisotopic (exact) mass is 360 g/mol. The molecule has 2 N–H and O–H groups in total. The lowest BCUT2D eigenvalue weighted by Gasteiger charge is -2.24. The van der Waals surface area contributed by atoms with Crippen molar-refractivity contribution >= 4 is 39.4 Å². The van der Waals surface area contributed by atoms with Crippen LogP contribution >= 0.6 is 21.6 Å². The van der Waals surface area contributed by atoms with Gasteiger partial charge in [0.15, 0.2) is 0 Å². The SMILES string of the molecule is CC(C1CC1)N1CC(C(=O)NCCSSCCC(=O)O)CC1=O. The maximum Gasteiger partial charge on any atom is 0.304 e. The summed E-state index contributed by atoms with van der Waals surface area (Å²) < 4.78 is 0.